The van der Waals surface area contributed by atoms with Crippen molar-refractivity contribution in [2.24, 2.45) is 0 Å². The number of amides is 1. The largest absolute Gasteiger partial charge is 0.494 e. The van der Waals surface area contributed by atoms with Gasteiger partial charge in [0.15, 0.2) is 5.16 Å². The highest BCUT2D eigenvalue weighted by atomic mass is 32.2. The molecule has 29 heavy (non-hydrogen) atoms. The van der Waals surface area contributed by atoms with Crippen molar-refractivity contribution in [3.8, 4) is 17.2 Å². The number of carbonyl (C=O) groups excluding carboxylic acids is 1. The van der Waals surface area contributed by atoms with Gasteiger partial charge in [-0.1, -0.05) is 30.0 Å². The minimum Gasteiger partial charge on any atom is -0.494 e. The lowest BCUT2D eigenvalue weighted by Crippen LogP contribution is -2.29. The molecule has 0 saturated carbocycles. The summed E-state index contributed by atoms with van der Waals surface area (Å²) in [5.41, 5.74) is 2.22. The molecule has 3 rings (SSSR count). The maximum Gasteiger partial charge on any atom is 0.230 e. The molecule has 3 aromatic rings. The van der Waals surface area contributed by atoms with E-state index in [-0.39, 0.29) is 5.91 Å². The van der Waals surface area contributed by atoms with Gasteiger partial charge in [-0.3, -0.25) is 9.36 Å². The van der Waals surface area contributed by atoms with Crippen LogP contribution in [0.2, 0.25) is 0 Å². The number of para-hydroxylation sites is 1. The van der Waals surface area contributed by atoms with Crippen molar-refractivity contribution in [1.82, 2.24) is 14.9 Å². The maximum atomic E-state index is 12.1. The predicted octanol–water partition coefficient (Wildman–Crippen LogP) is 3.87. The zero-order valence-corrected chi connectivity index (χ0v) is 17.4. The molecule has 0 fully saturated rings. The Labute approximate surface area is 175 Å². The highest BCUT2D eigenvalue weighted by Crippen LogP contribution is 2.22. The summed E-state index contributed by atoms with van der Waals surface area (Å²) in [6.45, 7) is 5.48. The van der Waals surface area contributed by atoms with Gasteiger partial charge in [-0.25, -0.2) is 4.98 Å². The zero-order chi connectivity index (χ0) is 20.5. The second-order valence-corrected chi connectivity index (χ2v) is 7.20. The Bertz CT molecular complexity index is 925. The van der Waals surface area contributed by atoms with Gasteiger partial charge in [0.1, 0.15) is 18.1 Å². The average Bonchev–Trinajstić information content (AvgIpc) is 3.20. The van der Waals surface area contributed by atoms with Crippen molar-refractivity contribution in [2.45, 2.75) is 19.0 Å². The number of hydrogen-bond donors (Lipinski definition) is 1. The van der Waals surface area contributed by atoms with Gasteiger partial charge in [0, 0.05) is 12.4 Å². The van der Waals surface area contributed by atoms with Gasteiger partial charge in [0.2, 0.25) is 5.91 Å². The summed E-state index contributed by atoms with van der Waals surface area (Å²) in [5, 5.41) is 3.66. The summed E-state index contributed by atoms with van der Waals surface area (Å²) >= 11 is 1.41. The van der Waals surface area contributed by atoms with E-state index in [0.29, 0.717) is 25.5 Å². The van der Waals surface area contributed by atoms with Crippen molar-refractivity contribution >= 4 is 17.7 Å². The van der Waals surface area contributed by atoms with Gasteiger partial charge in [0.25, 0.3) is 0 Å². The number of thioether (sulfide) groups is 1. The molecule has 1 N–H and O–H groups in total. The number of hydrogen-bond acceptors (Lipinski definition) is 5. The summed E-state index contributed by atoms with van der Waals surface area (Å²) in [6.07, 6.45) is 3.66. The van der Waals surface area contributed by atoms with E-state index < -0.39 is 0 Å². The summed E-state index contributed by atoms with van der Waals surface area (Å²) in [4.78, 5) is 16.5. The summed E-state index contributed by atoms with van der Waals surface area (Å²) in [5.74, 6) is 1.81. The van der Waals surface area contributed by atoms with Crippen LogP contribution in [0.25, 0.3) is 5.69 Å². The fourth-order valence-electron chi connectivity index (χ4n) is 2.75. The lowest BCUT2D eigenvalue weighted by molar-refractivity contribution is -0.118. The molecule has 1 amide bonds. The molecule has 1 aromatic heterocycles. The smallest absolute Gasteiger partial charge is 0.230 e. The standard InChI is InChI=1S/C22H25N3O3S/c1-3-27-18-8-10-19(11-9-18)28-15-13-23-21(26)16-29-22-24-12-14-25(22)20-7-5-4-6-17(20)2/h4-12,14H,3,13,15-16H2,1-2H3,(H,23,26). The van der Waals surface area contributed by atoms with Crippen molar-refractivity contribution in [3.63, 3.8) is 0 Å². The van der Waals surface area contributed by atoms with E-state index in [4.69, 9.17) is 9.47 Å². The molecule has 7 heteroatoms. The molecular weight excluding hydrogens is 386 g/mol. The average molecular weight is 412 g/mol. The number of nitrogens with one attached hydrogen (secondary N) is 1. The molecule has 0 aliphatic carbocycles. The van der Waals surface area contributed by atoms with Crippen LogP contribution < -0.4 is 14.8 Å². The van der Waals surface area contributed by atoms with Crippen LogP contribution in [0, 0.1) is 6.92 Å². The molecule has 6 nitrogen and oxygen atoms in total. The maximum absolute atomic E-state index is 12.1. The molecule has 1 heterocycles. The zero-order valence-electron chi connectivity index (χ0n) is 16.6. The third-order valence-corrected chi connectivity index (χ3v) is 5.11. The highest BCUT2D eigenvalue weighted by molar-refractivity contribution is 7.99. The summed E-state index contributed by atoms with van der Waals surface area (Å²) in [6, 6.07) is 15.5. The number of imidazole rings is 1. The number of aryl methyl sites for hydroxylation is 1. The topological polar surface area (TPSA) is 65.4 Å². The monoisotopic (exact) mass is 411 g/mol. The molecule has 0 atom stereocenters. The van der Waals surface area contributed by atoms with E-state index >= 15 is 0 Å². The lowest BCUT2D eigenvalue weighted by Gasteiger charge is -2.11. The van der Waals surface area contributed by atoms with Crippen LogP contribution >= 0.6 is 11.8 Å². The van der Waals surface area contributed by atoms with Crippen LogP contribution in [-0.4, -0.2) is 41.0 Å². The molecule has 2 aromatic carbocycles. The van der Waals surface area contributed by atoms with Gasteiger partial charge in [-0.15, -0.1) is 0 Å². The fourth-order valence-corrected chi connectivity index (χ4v) is 3.55. The predicted molar refractivity (Wildman–Crippen MR) is 115 cm³/mol. The van der Waals surface area contributed by atoms with E-state index in [2.05, 4.69) is 23.3 Å². The van der Waals surface area contributed by atoms with E-state index in [1.807, 2.05) is 60.2 Å². The Morgan fingerprint density at radius 1 is 1.10 bits per heavy atom. The van der Waals surface area contributed by atoms with E-state index in [1.54, 1.807) is 6.20 Å². The van der Waals surface area contributed by atoms with Crippen LogP contribution in [0.4, 0.5) is 0 Å². The normalized spacial score (nSPS) is 10.6. The Morgan fingerprint density at radius 2 is 1.83 bits per heavy atom. The highest BCUT2D eigenvalue weighted by Gasteiger charge is 2.10. The SMILES string of the molecule is CCOc1ccc(OCCNC(=O)CSc2nccn2-c2ccccc2C)cc1. The van der Waals surface area contributed by atoms with Gasteiger partial charge in [0.05, 0.1) is 24.6 Å². The van der Waals surface area contributed by atoms with E-state index in [0.717, 1.165) is 27.9 Å². The van der Waals surface area contributed by atoms with Crippen LogP contribution in [0.1, 0.15) is 12.5 Å². The molecule has 0 saturated heterocycles. The quantitative estimate of drug-likeness (QED) is 0.405. The molecule has 0 spiro atoms. The first-order valence-electron chi connectivity index (χ1n) is 9.52. The Balaban J connectivity index is 1.41. The van der Waals surface area contributed by atoms with Crippen molar-refractivity contribution in [2.75, 3.05) is 25.5 Å². The molecule has 0 unspecified atom stereocenters. The molecule has 152 valence electrons. The summed E-state index contributed by atoms with van der Waals surface area (Å²) in [7, 11) is 0. The van der Waals surface area contributed by atoms with Gasteiger partial charge >= 0.3 is 0 Å². The van der Waals surface area contributed by atoms with Crippen molar-refractivity contribution in [1.29, 1.82) is 0 Å². The molecule has 0 radical (unpaired) electrons. The van der Waals surface area contributed by atoms with Crippen molar-refractivity contribution < 1.29 is 14.3 Å². The van der Waals surface area contributed by atoms with Crippen LogP contribution in [0.3, 0.4) is 0 Å². The van der Waals surface area contributed by atoms with E-state index in [9.17, 15) is 4.79 Å². The minimum absolute atomic E-state index is 0.0513. The molecule has 0 bridgehead atoms. The first kappa shape index (κ1) is 20.8. The number of nitrogens with zero attached hydrogens (tertiary/aromatic N) is 2. The first-order chi connectivity index (χ1) is 14.2. The van der Waals surface area contributed by atoms with Crippen LogP contribution in [0.5, 0.6) is 11.5 Å². The number of aromatic nitrogens is 2. The number of benzene rings is 2. The number of rotatable bonds is 10. The number of ether oxygens (including phenoxy) is 2. The molecule has 0 aliphatic rings. The van der Waals surface area contributed by atoms with Gasteiger partial charge in [-0.2, -0.15) is 0 Å². The second kappa shape index (κ2) is 10.6. The lowest BCUT2D eigenvalue weighted by atomic mass is 10.2. The molecule has 0 aliphatic heterocycles. The third-order valence-electron chi connectivity index (χ3n) is 4.14. The first-order valence-corrected chi connectivity index (χ1v) is 10.5. The third kappa shape index (κ3) is 6.02. The van der Waals surface area contributed by atoms with Gasteiger partial charge < -0.3 is 14.8 Å². The van der Waals surface area contributed by atoms with E-state index in [1.165, 1.54) is 11.8 Å². The Hall–Kier alpha value is -2.93. The summed E-state index contributed by atoms with van der Waals surface area (Å²) < 4.78 is 13.0. The van der Waals surface area contributed by atoms with Crippen molar-refractivity contribution in [3.05, 3.63) is 66.5 Å². The number of carbonyl (C=O) groups is 1. The van der Waals surface area contributed by atoms with Crippen LogP contribution in [-0.2, 0) is 4.79 Å². The van der Waals surface area contributed by atoms with Gasteiger partial charge in [-0.05, 0) is 49.7 Å². The second-order valence-electron chi connectivity index (χ2n) is 6.26. The molecular formula is C22H25N3O3S. The van der Waals surface area contributed by atoms with Crippen LogP contribution in [0.15, 0.2) is 66.1 Å². The minimum atomic E-state index is -0.0513. The Kier molecular flexibility index (Phi) is 7.58. The Morgan fingerprint density at radius 3 is 2.55 bits per heavy atom. The fraction of sp³-hybridized carbons (Fsp3) is 0.273.